The van der Waals surface area contributed by atoms with Gasteiger partial charge in [0.05, 0.1) is 24.9 Å². The number of rotatable bonds is 3. The fraction of sp³-hybridized carbons (Fsp3) is 0.929. The van der Waals surface area contributed by atoms with Crippen molar-refractivity contribution in [1.29, 1.82) is 0 Å². The molecule has 2 aliphatic heterocycles. The molecule has 1 N–H and O–H groups in total. The molecule has 5 heteroatoms. The maximum Gasteiger partial charge on any atom is 0.249 e. The first-order valence-electron chi connectivity index (χ1n) is 7.58. The summed E-state index contributed by atoms with van der Waals surface area (Å²) < 4.78 is 11.5. The first-order valence-corrected chi connectivity index (χ1v) is 7.58. The van der Waals surface area contributed by atoms with E-state index in [4.69, 9.17) is 9.47 Å². The summed E-state index contributed by atoms with van der Waals surface area (Å²) in [4.78, 5) is 14.3. The third-order valence-electron chi connectivity index (χ3n) is 4.53. The normalized spacial score (nSPS) is 32.3. The van der Waals surface area contributed by atoms with Gasteiger partial charge in [-0.1, -0.05) is 0 Å². The van der Waals surface area contributed by atoms with Gasteiger partial charge >= 0.3 is 0 Å². The zero-order chi connectivity index (χ0) is 13.1. The number of morpholine rings is 1. The molecule has 0 spiro atoms. The summed E-state index contributed by atoms with van der Waals surface area (Å²) in [5.41, 5.74) is 0. The molecule has 2 heterocycles. The van der Waals surface area contributed by atoms with E-state index in [-0.39, 0.29) is 24.7 Å². The van der Waals surface area contributed by atoms with Crippen molar-refractivity contribution < 1.29 is 14.3 Å². The van der Waals surface area contributed by atoms with Crippen molar-refractivity contribution in [1.82, 2.24) is 10.2 Å². The van der Waals surface area contributed by atoms with Crippen LogP contribution in [0.1, 0.15) is 32.1 Å². The Morgan fingerprint density at radius 1 is 1.26 bits per heavy atom. The van der Waals surface area contributed by atoms with Gasteiger partial charge in [-0.15, -0.1) is 0 Å². The van der Waals surface area contributed by atoms with E-state index in [0.717, 1.165) is 45.3 Å². The average molecular weight is 268 g/mol. The summed E-state index contributed by atoms with van der Waals surface area (Å²) >= 11 is 0. The van der Waals surface area contributed by atoms with Gasteiger partial charge in [-0.05, 0) is 45.2 Å². The highest BCUT2D eigenvalue weighted by Crippen LogP contribution is 2.29. The molecule has 0 aromatic rings. The van der Waals surface area contributed by atoms with Crippen LogP contribution in [-0.4, -0.2) is 61.9 Å². The summed E-state index contributed by atoms with van der Waals surface area (Å²) in [5, 5.41) is 3.30. The molecule has 0 bridgehead atoms. The molecule has 3 rings (SSSR count). The minimum atomic E-state index is 0.152. The molecule has 1 saturated carbocycles. The van der Waals surface area contributed by atoms with Gasteiger partial charge in [-0.2, -0.15) is 0 Å². The molecular formula is C14H24N2O3. The van der Waals surface area contributed by atoms with Gasteiger partial charge in [0.25, 0.3) is 0 Å². The molecule has 2 atom stereocenters. The van der Waals surface area contributed by atoms with Crippen molar-refractivity contribution in [2.45, 2.75) is 50.4 Å². The highest BCUT2D eigenvalue weighted by atomic mass is 16.5. The molecule has 0 aromatic carbocycles. The van der Waals surface area contributed by atoms with Gasteiger partial charge < -0.3 is 19.7 Å². The van der Waals surface area contributed by atoms with E-state index in [1.54, 1.807) is 0 Å². The molecule has 3 fully saturated rings. The van der Waals surface area contributed by atoms with Crippen LogP contribution >= 0.6 is 0 Å². The van der Waals surface area contributed by atoms with Crippen LogP contribution in [0.25, 0.3) is 0 Å². The molecule has 19 heavy (non-hydrogen) atoms. The van der Waals surface area contributed by atoms with E-state index >= 15 is 0 Å². The van der Waals surface area contributed by atoms with Crippen molar-refractivity contribution >= 4 is 5.91 Å². The zero-order valence-electron chi connectivity index (χ0n) is 11.5. The number of fused-ring (bicyclic) bond motifs is 1. The van der Waals surface area contributed by atoms with E-state index in [1.807, 2.05) is 4.90 Å². The summed E-state index contributed by atoms with van der Waals surface area (Å²) in [7, 11) is 0. The Kier molecular flexibility index (Phi) is 4.35. The molecular weight excluding hydrogens is 244 g/mol. The molecule has 3 aliphatic rings. The van der Waals surface area contributed by atoms with Gasteiger partial charge in [0.15, 0.2) is 0 Å². The smallest absolute Gasteiger partial charge is 0.249 e. The van der Waals surface area contributed by atoms with Crippen LogP contribution in [0.3, 0.4) is 0 Å². The second kappa shape index (κ2) is 6.20. The third-order valence-corrected chi connectivity index (χ3v) is 4.53. The van der Waals surface area contributed by atoms with E-state index in [0.29, 0.717) is 12.6 Å². The van der Waals surface area contributed by atoms with Crippen molar-refractivity contribution in [3.05, 3.63) is 0 Å². The Balaban J connectivity index is 1.48. The molecule has 0 aromatic heterocycles. The summed E-state index contributed by atoms with van der Waals surface area (Å²) in [5.74, 6) is 0.152. The second-order valence-corrected chi connectivity index (χ2v) is 5.75. The molecule has 2 saturated heterocycles. The number of nitrogens with one attached hydrogen (secondary N) is 1. The summed E-state index contributed by atoms with van der Waals surface area (Å²) in [6.07, 6.45) is 5.93. The lowest BCUT2D eigenvalue weighted by molar-refractivity contribution is -0.151. The predicted octanol–water partition coefficient (Wildman–Crippen LogP) is 0.535. The van der Waals surface area contributed by atoms with Gasteiger partial charge in [0.2, 0.25) is 5.91 Å². The molecule has 1 amide bonds. The van der Waals surface area contributed by atoms with Crippen LogP contribution in [0, 0.1) is 0 Å². The summed E-state index contributed by atoms with van der Waals surface area (Å²) in [6, 6.07) is 0.304. The fourth-order valence-corrected chi connectivity index (χ4v) is 3.47. The number of ether oxygens (including phenoxy) is 2. The molecule has 5 nitrogen and oxygen atoms in total. The van der Waals surface area contributed by atoms with Gasteiger partial charge in [-0.3, -0.25) is 4.79 Å². The maximum absolute atomic E-state index is 12.3. The largest absolute Gasteiger partial charge is 0.374 e. The van der Waals surface area contributed by atoms with Crippen molar-refractivity contribution in [3.63, 3.8) is 0 Å². The lowest BCUT2D eigenvalue weighted by Gasteiger charge is -2.38. The highest BCUT2D eigenvalue weighted by molar-refractivity contribution is 5.78. The number of hydrogen-bond donors (Lipinski definition) is 1. The van der Waals surface area contributed by atoms with Gasteiger partial charge in [0.1, 0.15) is 6.61 Å². The lowest BCUT2D eigenvalue weighted by Crippen LogP contribution is -2.52. The van der Waals surface area contributed by atoms with Crippen LogP contribution < -0.4 is 5.32 Å². The van der Waals surface area contributed by atoms with Gasteiger partial charge in [0, 0.05) is 6.54 Å². The van der Waals surface area contributed by atoms with Crippen LogP contribution in [0.5, 0.6) is 0 Å². The van der Waals surface area contributed by atoms with Crippen LogP contribution in [0.2, 0.25) is 0 Å². The van der Waals surface area contributed by atoms with Gasteiger partial charge in [-0.25, -0.2) is 0 Å². The molecule has 1 aliphatic carbocycles. The minimum absolute atomic E-state index is 0.152. The van der Waals surface area contributed by atoms with E-state index in [9.17, 15) is 4.79 Å². The van der Waals surface area contributed by atoms with Crippen LogP contribution in [0.4, 0.5) is 0 Å². The SMILES string of the molecule is O=C(COC1CCNCC1)N1CCOC2CCCC21. The molecule has 0 radical (unpaired) electrons. The molecule has 108 valence electrons. The Labute approximate surface area is 114 Å². The van der Waals surface area contributed by atoms with E-state index < -0.39 is 0 Å². The van der Waals surface area contributed by atoms with Crippen LogP contribution in [0.15, 0.2) is 0 Å². The van der Waals surface area contributed by atoms with Crippen molar-refractivity contribution in [2.75, 3.05) is 32.8 Å². The number of carbonyl (C=O) groups excluding carboxylic acids is 1. The van der Waals surface area contributed by atoms with Crippen molar-refractivity contribution in [3.8, 4) is 0 Å². The minimum Gasteiger partial charge on any atom is -0.374 e. The predicted molar refractivity (Wildman–Crippen MR) is 70.9 cm³/mol. The zero-order valence-corrected chi connectivity index (χ0v) is 11.5. The fourth-order valence-electron chi connectivity index (χ4n) is 3.47. The third kappa shape index (κ3) is 3.09. The Morgan fingerprint density at radius 3 is 2.95 bits per heavy atom. The summed E-state index contributed by atoms with van der Waals surface area (Å²) in [6.45, 7) is 3.66. The Hall–Kier alpha value is -0.650. The van der Waals surface area contributed by atoms with Crippen molar-refractivity contribution in [2.24, 2.45) is 0 Å². The average Bonchev–Trinajstić information content (AvgIpc) is 2.94. The van der Waals surface area contributed by atoms with Crippen LogP contribution in [-0.2, 0) is 14.3 Å². The van der Waals surface area contributed by atoms with E-state index in [2.05, 4.69) is 5.32 Å². The maximum atomic E-state index is 12.3. The standard InChI is InChI=1S/C14H24N2O3/c17-14(10-19-11-4-6-15-7-5-11)16-8-9-18-13-3-1-2-12(13)16/h11-13,15H,1-10H2. The topological polar surface area (TPSA) is 50.8 Å². The number of nitrogens with zero attached hydrogens (tertiary/aromatic N) is 1. The quantitative estimate of drug-likeness (QED) is 0.811. The number of carbonyl (C=O) groups is 1. The number of piperidine rings is 1. The lowest BCUT2D eigenvalue weighted by atomic mass is 10.1. The molecule has 2 unspecified atom stereocenters. The monoisotopic (exact) mass is 268 g/mol. The number of amides is 1. The Bertz CT molecular complexity index is 318. The Morgan fingerprint density at radius 2 is 2.11 bits per heavy atom. The first-order chi connectivity index (χ1) is 9.34. The number of hydrogen-bond acceptors (Lipinski definition) is 4. The van der Waals surface area contributed by atoms with E-state index in [1.165, 1.54) is 6.42 Å². The first kappa shape index (κ1) is 13.3. The second-order valence-electron chi connectivity index (χ2n) is 5.75. The highest BCUT2D eigenvalue weighted by Gasteiger charge is 2.38.